The lowest BCUT2D eigenvalue weighted by atomic mass is 10.3. The largest absolute Gasteiger partial charge is 0.389 e. The molecule has 1 aliphatic heterocycles. The molecule has 0 bridgehead atoms. The lowest BCUT2D eigenvalue weighted by Gasteiger charge is -2.17. The summed E-state index contributed by atoms with van der Waals surface area (Å²) >= 11 is 1.66. The number of β-amino-alcohol motifs (C(OH)–C–C–N with tert-alkyl or cyclic N) is 2. The number of fused-ring (bicyclic) bond motifs is 1. The molecule has 2 aromatic rings. The standard InChI is InChI=1S/C13H18N4O2S/c1-3-7-4-8-11(17-5-9(18)10(19)6-17)15-13(14-2)16-12(8)20-7/h4,9-10,18-19H,3,5-6H2,1-2H3,(H,14,15,16). The monoisotopic (exact) mass is 294 g/mol. The molecule has 1 saturated heterocycles. The van der Waals surface area contributed by atoms with Crippen molar-refractivity contribution in [1.82, 2.24) is 9.97 Å². The van der Waals surface area contributed by atoms with Crippen molar-refractivity contribution in [3.8, 4) is 0 Å². The van der Waals surface area contributed by atoms with Crippen LogP contribution in [-0.4, -0.2) is 52.5 Å². The maximum absolute atomic E-state index is 9.73. The van der Waals surface area contributed by atoms with Crippen molar-refractivity contribution in [2.45, 2.75) is 25.6 Å². The molecular weight excluding hydrogens is 276 g/mol. The Kier molecular flexibility index (Phi) is 3.49. The highest BCUT2D eigenvalue weighted by atomic mass is 32.1. The molecule has 3 rings (SSSR count). The second kappa shape index (κ2) is 5.16. The first-order chi connectivity index (χ1) is 9.62. The number of anilines is 2. The van der Waals surface area contributed by atoms with E-state index in [1.54, 1.807) is 18.4 Å². The highest BCUT2D eigenvalue weighted by molar-refractivity contribution is 7.18. The van der Waals surface area contributed by atoms with Crippen LogP contribution in [0, 0.1) is 0 Å². The second-order valence-corrected chi connectivity index (χ2v) is 6.06. The van der Waals surface area contributed by atoms with Gasteiger partial charge < -0.3 is 20.4 Å². The van der Waals surface area contributed by atoms with E-state index >= 15 is 0 Å². The summed E-state index contributed by atoms with van der Waals surface area (Å²) in [4.78, 5) is 13.1. The van der Waals surface area contributed by atoms with Crippen LogP contribution in [0.1, 0.15) is 11.8 Å². The summed E-state index contributed by atoms with van der Waals surface area (Å²) in [6.07, 6.45) is -0.481. The van der Waals surface area contributed by atoms with Crippen LogP contribution in [0.5, 0.6) is 0 Å². The molecule has 6 nitrogen and oxygen atoms in total. The molecule has 2 aromatic heterocycles. The number of aryl methyl sites for hydroxylation is 1. The molecule has 2 atom stereocenters. The molecule has 1 aliphatic rings. The minimum Gasteiger partial charge on any atom is -0.389 e. The van der Waals surface area contributed by atoms with E-state index in [2.05, 4.69) is 28.3 Å². The summed E-state index contributed by atoms with van der Waals surface area (Å²) in [5.74, 6) is 1.35. The zero-order valence-electron chi connectivity index (χ0n) is 11.5. The Morgan fingerprint density at radius 3 is 2.65 bits per heavy atom. The molecule has 2 unspecified atom stereocenters. The van der Waals surface area contributed by atoms with Crippen LogP contribution < -0.4 is 10.2 Å². The molecular formula is C13H18N4O2S. The number of aliphatic hydroxyl groups is 2. The fourth-order valence-electron chi connectivity index (χ4n) is 2.43. The van der Waals surface area contributed by atoms with Crippen LogP contribution >= 0.6 is 11.3 Å². The van der Waals surface area contributed by atoms with Crippen LogP contribution in [0.25, 0.3) is 10.2 Å². The smallest absolute Gasteiger partial charge is 0.225 e. The molecule has 20 heavy (non-hydrogen) atoms. The van der Waals surface area contributed by atoms with Crippen LogP contribution in [-0.2, 0) is 6.42 Å². The van der Waals surface area contributed by atoms with Crippen LogP contribution in [0.3, 0.4) is 0 Å². The SMILES string of the molecule is CCc1cc2c(N3CC(O)C(O)C3)nc(NC)nc2s1. The van der Waals surface area contributed by atoms with Crippen molar-refractivity contribution < 1.29 is 10.2 Å². The maximum Gasteiger partial charge on any atom is 0.225 e. The summed E-state index contributed by atoms with van der Waals surface area (Å²) in [5.41, 5.74) is 0. The first-order valence-electron chi connectivity index (χ1n) is 6.71. The van der Waals surface area contributed by atoms with Crippen molar-refractivity contribution >= 4 is 33.3 Å². The van der Waals surface area contributed by atoms with Gasteiger partial charge in [0.1, 0.15) is 10.6 Å². The quantitative estimate of drug-likeness (QED) is 0.778. The number of aromatic nitrogens is 2. The molecule has 0 amide bonds. The van der Waals surface area contributed by atoms with E-state index in [9.17, 15) is 10.2 Å². The Labute approximate surface area is 121 Å². The third-order valence-corrected chi connectivity index (χ3v) is 4.73. The normalized spacial score (nSPS) is 22.7. The molecule has 0 spiro atoms. The summed E-state index contributed by atoms with van der Waals surface area (Å²) in [7, 11) is 1.78. The Hall–Kier alpha value is -1.44. The Morgan fingerprint density at radius 2 is 2.05 bits per heavy atom. The zero-order chi connectivity index (χ0) is 14.3. The number of aliphatic hydroxyl groups excluding tert-OH is 2. The van der Waals surface area contributed by atoms with Gasteiger partial charge in [-0.1, -0.05) is 6.92 Å². The number of nitrogens with zero attached hydrogens (tertiary/aromatic N) is 3. The van der Waals surface area contributed by atoms with Gasteiger partial charge in [0, 0.05) is 25.0 Å². The van der Waals surface area contributed by atoms with Gasteiger partial charge >= 0.3 is 0 Å². The average Bonchev–Trinajstić information content (AvgIpc) is 3.01. The molecule has 0 radical (unpaired) electrons. The minimum absolute atomic E-state index is 0.397. The number of hydrogen-bond donors (Lipinski definition) is 3. The summed E-state index contributed by atoms with van der Waals surface area (Å²) in [5, 5.41) is 23.4. The molecule has 3 N–H and O–H groups in total. The van der Waals surface area contributed by atoms with E-state index in [4.69, 9.17) is 0 Å². The zero-order valence-corrected chi connectivity index (χ0v) is 12.3. The Balaban J connectivity index is 2.10. The minimum atomic E-state index is -0.720. The third kappa shape index (κ3) is 2.21. The van der Waals surface area contributed by atoms with Gasteiger partial charge in [0.15, 0.2) is 0 Å². The third-order valence-electron chi connectivity index (χ3n) is 3.55. The second-order valence-electron chi connectivity index (χ2n) is 4.95. The number of rotatable bonds is 3. The summed E-state index contributed by atoms with van der Waals surface area (Å²) in [6.45, 7) is 2.90. The molecule has 7 heteroatoms. The van der Waals surface area contributed by atoms with Crippen molar-refractivity contribution in [3.63, 3.8) is 0 Å². The van der Waals surface area contributed by atoms with E-state index in [1.165, 1.54) is 4.88 Å². The van der Waals surface area contributed by atoms with Crippen LogP contribution in [0.15, 0.2) is 6.07 Å². The fraction of sp³-hybridized carbons (Fsp3) is 0.538. The lowest BCUT2D eigenvalue weighted by Crippen LogP contribution is -2.22. The molecule has 0 aliphatic carbocycles. The van der Waals surface area contributed by atoms with Crippen molar-refractivity contribution in [3.05, 3.63) is 10.9 Å². The Bertz CT molecular complexity index is 620. The first kappa shape index (κ1) is 13.5. The predicted octanol–water partition coefficient (Wildman–Crippen LogP) is 0.837. The maximum atomic E-state index is 9.73. The Morgan fingerprint density at radius 1 is 1.35 bits per heavy atom. The fourth-order valence-corrected chi connectivity index (χ4v) is 3.39. The number of nitrogens with one attached hydrogen (secondary N) is 1. The lowest BCUT2D eigenvalue weighted by molar-refractivity contribution is 0.0572. The predicted molar refractivity (Wildman–Crippen MR) is 80.6 cm³/mol. The molecule has 0 saturated carbocycles. The molecule has 108 valence electrons. The van der Waals surface area contributed by atoms with Gasteiger partial charge in [-0.2, -0.15) is 4.98 Å². The molecule has 0 aromatic carbocycles. The van der Waals surface area contributed by atoms with Crippen LogP contribution in [0.2, 0.25) is 0 Å². The van der Waals surface area contributed by atoms with Gasteiger partial charge in [0.25, 0.3) is 0 Å². The molecule has 1 fully saturated rings. The van der Waals surface area contributed by atoms with Gasteiger partial charge in [-0.25, -0.2) is 4.98 Å². The van der Waals surface area contributed by atoms with E-state index in [-0.39, 0.29) is 0 Å². The van der Waals surface area contributed by atoms with Crippen LogP contribution in [0.4, 0.5) is 11.8 Å². The highest BCUT2D eigenvalue weighted by Gasteiger charge is 2.31. The average molecular weight is 294 g/mol. The topological polar surface area (TPSA) is 81.5 Å². The van der Waals surface area contributed by atoms with Gasteiger partial charge in [-0.15, -0.1) is 11.3 Å². The van der Waals surface area contributed by atoms with Crippen molar-refractivity contribution in [2.75, 3.05) is 30.4 Å². The van der Waals surface area contributed by atoms with E-state index < -0.39 is 12.2 Å². The summed E-state index contributed by atoms with van der Waals surface area (Å²) < 4.78 is 0. The molecule has 3 heterocycles. The van der Waals surface area contributed by atoms with Crippen molar-refractivity contribution in [1.29, 1.82) is 0 Å². The van der Waals surface area contributed by atoms with Gasteiger partial charge in [0.05, 0.1) is 17.6 Å². The van der Waals surface area contributed by atoms with Gasteiger partial charge in [-0.3, -0.25) is 0 Å². The van der Waals surface area contributed by atoms with Gasteiger partial charge in [0.2, 0.25) is 5.95 Å². The summed E-state index contributed by atoms with van der Waals surface area (Å²) in [6, 6.07) is 2.10. The highest BCUT2D eigenvalue weighted by Crippen LogP contribution is 2.33. The van der Waals surface area contributed by atoms with E-state index in [0.717, 1.165) is 22.5 Å². The number of thiophene rings is 1. The van der Waals surface area contributed by atoms with E-state index in [1.807, 2.05) is 4.90 Å². The van der Waals surface area contributed by atoms with Gasteiger partial charge in [-0.05, 0) is 12.5 Å². The first-order valence-corrected chi connectivity index (χ1v) is 7.53. The van der Waals surface area contributed by atoms with Crippen molar-refractivity contribution in [2.24, 2.45) is 0 Å². The van der Waals surface area contributed by atoms with E-state index in [0.29, 0.717) is 19.0 Å². The number of hydrogen-bond acceptors (Lipinski definition) is 7.